The van der Waals surface area contributed by atoms with Crippen LogP contribution in [0.1, 0.15) is 5.56 Å². The van der Waals surface area contributed by atoms with E-state index in [1.54, 1.807) is 7.05 Å². The van der Waals surface area contributed by atoms with Crippen LogP contribution in [0.25, 0.3) is 0 Å². The van der Waals surface area contributed by atoms with Crippen LogP contribution >= 0.6 is 11.8 Å². The summed E-state index contributed by atoms with van der Waals surface area (Å²) in [6, 6.07) is 3.92. The van der Waals surface area contributed by atoms with Gasteiger partial charge in [-0.05, 0) is 37.0 Å². The van der Waals surface area contributed by atoms with Gasteiger partial charge < -0.3 is 10.1 Å². The molecule has 0 fully saturated rings. The molecule has 7 heteroatoms. The van der Waals surface area contributed by atoms with E-state index in [4.69, 9.17) is 4.74 Å². The van der Waals surface area contributed by atoms with Gasteiger partial charge in [0.1, 0.15) is 11.6 Å². The minimum atomic E-state index is -4.25. The minimum Gasteiger partial charge on any atom is -0.492 e. The van der Waals surface area contributed by atoms with Gasteiger partial charge in [0.15, 0.2) is 0 Å². The van der Waals surface area contributed by atoms with Gasteiger partial charge in [0.2, 0.25) is 0 Å². The first-order valence-electron chi connectivity index (χ1n) is 5.19. The van der Waals surface area contributed by atoms with Crippen LogP contribution in [0, 0.1) is 5.82 Å². The lowest BCUT2D eigenvalue weighted by molar-refractivity contribution is -0.0329. The average Bonchev–Trinajstić information content (AvgIpc) is 2.26. The number of benzene rings is 1. The van der Waals surface area contributed by atoms with Crippen molar-refractivity contribution >= 4 is 11.8 Å². The SMILES string of the molecule is CNCc1cc(F)ccc1OCCSC(F)(F)F. The average molecular weight is 283 g/mol. The molecule has 0 saturated heterocycles. The summed E-state index contributed by atoms with van der Waals surface area (Å²) < 4.78 is 53.8. The van der Waals surface area contributed by atoms with Crippen LogP contribution in [-0.2, 0) is 6.54 Å². The van der Waals surface area contributed by atoms with Crippen LogP contribution in [0.5, 0.6) is 5.75 Å². The van der Waals surface area contributed by atoms with Gasteiger partial charge in [-0.15, -0.1) is 0 Å². The van der Waals surface area contributed by atoms with Gasteiger partial charge in [-0.3, -0.25) is 0 Å². The standard InChI is InChI=1S/C11H13F4NOS/c1-16-7-8-6-9(12)2-3-10(8)17-4-5-18-11(13,14)15/h2-3,6,16H,4-5,7H2,1H3. The molecule has 18 heavy (non-hydrogen) atoms. The molecule has 0 radical (unpaired) electrons. The minimum absolute atomic E-state index is 0.0769. The van der Waals surface area contributed by atoms with Crippen molar-refractivity contribution in [2.45, 2.75) is 12.1 Å². The molecule has 0 atom stereocenters. The van der Waals surface area contributed by atoms with Crippen molar-refractivity contribution in [3.8, 4) is 5.75 Å². The number of nitrogens with one attached hydrogen (secondary N) is 1. The molecule has 0 spiro atoms. The number of thioether (sulfide) groups is 1. The second-order valence-corrected chi connectivity index (χ2v) is 4.58. The van der Waals surface area contributed by atoms with E-state index in [9.17, 15) is 17.6 Å². The largest absolute Gasteiger partial charge is 0.492 e. The van der Waals surface area contributed by atoms with E-state index in [0.29, 0.717) is 17.9 Å². The summed E-state index contributed by atoms with van der Waals surface area (Å²) in [5.74, 6) is -0.203. The Bertz CT molecular complexity index is 384. The molecule has 2 nitrogen and oxygen atoms in total. The Morgan fingerprint density at radius 3 is 2.67 bits per heavy atom. The van der Waals surface area contributed by atoms with Crippen LogP contribution in [0.4, 0.5) is 17.6 Å². The van der Waals surface area contributed by atoms with Gasteiger partial charge in [-0.2, -0.15) is 13.2 Å². The number of ether oxygens (including phenoxy) is 1. The van der Waals surface area contributed by atoms with Crippen molar-refractivity contribution < 1.29 is 22.3 Å². The van der Waals surface area contributed by atoms with Crippen LogP contribution in [0.2, 0.25) is 0 Å². The molecular weight excluding hydrogens is 270 g/mol. The molecule has 0 aliphatic rings. The van der Waals surface area contributed by atoms with Crippen molar-refractivity contribution in [1.29, 1.82) is 0 Å². The fourth-order valence-electron chi connectivity index (χ4n) is 1.33. The predicted molar refractivity (Wildman–Crippen MR) is 63.2 cm³/mol. The molecule has 0 amide bonds. The highest BCUT2D eigenvalue weighted by atomic mass is 32.2. The normalized spacial score (nSPS) is 11.6. The first-order valence-corrected chi connectivity index (χ1v) is 6.17. The maximum atomic E-state index is 13.0. The number of halogens is 4. The summed E-state index contributed by atoms with van der Waals surface area (Å²) >= 11 is -0.140. The monoisotopic (exact) mass is 283 g/mol. The molecule has 0 aromatic heterocycles. The van der Waals surface area contributed by atoms with Gasteiger partial charge >= 0.3 is 5.51 Å². The second kappa shape index (κ2) is 6.84. The summed E-state index contributed by atoms with van der Waals surface area (Å²) in [6.45, 7) is 0.312. The summed E-state index contributed by atoms with van der Waals surface area (Å²) in [6.07, 6.45) is 0. The zero-order chi connectivity index (χ0) is 13.6. The lowest BCUT2D eigenvalue weighted by atomic mass is 10.2. The van der Waals surface area contributed by atoms with Crippen LogP contribution in [0.3, 0.4) is 0 Å². The van der Waals surface area contributed by atoms with Crippen molar-refractivity contribution in [3.63, 3.8) is 0 Å². The molecule has 0 saturated carbocycles. The Hall–Kier alpha value is -0.950. The van der Waals surface area contributed by atoms with Gasteiger partial charge in [-0.1, -0.05) is 0 Å². The Labute approximate surface area is 107 Å². The molecule has 0 aliphatic heterocycles. The van der Waals surface area contributed by atoms with E-state index in [1.165, 1.54) is 18.2 Å². The van der Waals surface area contributed by atoms with Crippen molar-refractivity contribution in [1.82, 2.24) is 5.32 Å². The van der Waals surface area contributed by atoms with Gasteiger partial charge in [0.05, 0.1) is 6.61 Å². The maximum Gasteiger partial charge on any atom is 0.441 e. The van der Waals surface area contributed by atoms with E-state index in [-0.39, 0.29) is 24.1 Å². The van der Waals surface area contributed by atoms with Crippen LogP contribution < -0.4 is 10.1 Å². The van der Waals surface area contributed by atoms with Crippen molar-refractivity contribution in [2.24, 2.45) is 0 Å². The fraction of sp³-hybridized carbons (Fsp3) is 0.455. The van der Waals surface area contributed by atoms with Gasteiger partial charge in [-0.25, -0.2) is 4.39 Å². The highest BCUT2D eigenvalue weighted by Crippen LogP contribution is 2.30. The molecule has 0 aliphatic carbocycles. The maximum absolute atomic E-state index is 13.0. The molecule has 1 aromatic carbocycles. The van der Waals surface area contributed by atoms with E-state index >= 15 is 0 Å². The van der Waals surface area contributed by atoms with Crippen LogP contribution in [0.15, 0.2) is 18.2 Å². The summed E-state index contributed by atoms with van der Waals surface area (Å²) in [7, 11) is 1.69. The molecule has 0 unspecified atom stereocenters. The quantitative estimate of drug-likeness (QED) is 0.640. The third-order valence-electron chi connectivity index (χ3n) is 2.00. The van der Waals surface area contributed by atoms with Crippen molar-refractivity contribution in [2.75, 3.05) is 19.4 Å². The van der Waals surface area contributed by atoms with E-state index in [0.717, 1.165) is 0 Å². The second-order valence-electron chi connectivity index (χ2n) is 3.43. The first-order chi connectivity index (χ1) is 8.42. The molecule has 1 aromatic rings. The molecule has 0 bridgehead atoms. The highest BCUT2D eigenvalue weighted by Gasteiger charge is 2.27. The summed E-state index contributed by atoms with van der Waals surface area (Å²) in [5.41, 5.74) is -3.67. The Morgan fingerprint density at radius 1 is 1.33 bits per heavy atom. The summed E-state index contributed by atoms with van der Waals surface area (Å²) in [5, 5.41) is 2.83. The number of alkyl halides is 3. The fourth-order valence-corrected chi connectivity index (χ4v) is 1.72. The smallest absolute Gasteiger partial charge is 0.441 e. The Morgan fingerprint density at radius 2 is 2.06 bits per heavy atom. The number of hydrogen-bond acceptors (Lipinski definition) is 3. The van der Waals surface area contributed by atoms with E-state index in [1.807, 2.05) is 0 Å². The molecule has 1 N–H and O–H groups in total. The molecular formula is C11H13F4NOS. The zero-order valence-electron chi connectivity index (χ0n) is 9.68. The Kier molecular flexibility index (Phi) is 5.74. The summed E-state index contributed by atoms with van der Waals surface area (Å²) in [4.78, 5) is 0. The Balaban J connectivity index is 2.51. The zero-order valence-corrected chi connectivity index (χ0v) is 10.5. The first kappa shape index (κ1) is 15.1. The van der Waals surface area contributed by atoms with Gasteiger partial charge in [0, 0.05) is 17.9 Å². The van der Waals surface area contributed by atoms with Crippen molar-refractivity contribution in [3.05, 3.63) is 29.6 Å². The predicted octanol–water partition coefficient (Wildman–Crippen LogP) is 3.18. The lowest BCUT2D eigenvalue weighted by Crippen LogP contribution is -2.11. The molecule has 1 rings (SSSR count). The lowest BCUT2D eigenvalue weighted by Gasteiger charge is -2.12. The van der Waals surface area contributed by atoms with Crippen LogP contribution in [-0.4, -0.2) is 24.9 Å². The van der Waals surface area contributed by atoms with E-state index < -0.39 is 11.3 Å². The topological polar surface area (TPSA) is 21.3 Å². The third kappa shape index (κ3) is 5.59. The number of rotatable bonds is 6. The highest BCUT2D eigenvalue weighted by molar-refractivity contribution is 8.00. The van der Waals surface area contributed by atoms with Gasteiger partial charge in [0.25, 0.3) is 0 Å². The van der Waals surface area contributed by atoms with E-state index in [2.05, 4.69) is 5.32 Å². The molecule has 0 heterocycles. The number of hydrogen-bond donors (Lipinski definition) is 1. The molecule has 102 valence electrons. The third-order valence-corrected chi connectivity index (χ3v) is 2.69.